The number of rotatable bonds is 4. The van der Waals surface area contributed by atoms with E-state index in [-0.39, 0.29) is 17.5 Å². The first kappa shape index (κ1) is 15.2. The maximum absolute atomic E-state index is 12.4. The fraction of sp³-hybridized carbons (Fsp3) is 0.562. The molecule has 1 saturated carbocycles. The molecule has 0 saturated heterocycles. The first-order valence-electron chi connectivity index (χ1n) is 7.18. The van der Waals surface area contributed by atoms with Crippen molar-refractivity contribution in [3.05, 3.63) is 30.3 Å². The summed E-state index contributed by atoms with van der Waals surface area (Å²) in [6.45, 7) is 4.21. The Morgan fingerprint density at radius 3 is 2.40 bits per heavy atom. The van der Waals surface area contributed by atoms with Gasteiger partial charge in [0.15, 0.2) is 9.84 Å². The molecule has 20 heavy (non-hydrogen) atoms. The third-order valence-electron chi connectivity index (χ3n) is 4.14. The second kappa shape index (κ2) is 6.08. The highest BCUT2D eigenvalue weighted by Gasteiger charge is 2.32. The van der Waals surface area contributed by atoms with Crippen molar-refractivity contribution in [2.75, 3.05) is 5.75 Å². The molecule has 0 amide bonds. The third kappa shape index (κ3) is 3.69. The average molecular weight is 294 g/mol. The summed E-state index contributed by atoms with van der Waals surface area (Å²) in [5.74, 6) is 1.02. The molecule has 0 spiro atoms. The molecule has 0 aliphatic heterocycles. The maximum Gasteiger partial charge on any atom is 0.178 e. The molecule has 0 N–H and O–H groups in total. The van der Waals surface area contributed by atoms with Crippen LogP contribution in [0.4, 0.5) is 0 Å². The van der Waals surface area contributed by atoms with E-state index in [9.17, 15) is 13.2 Å². The van der Waals surface area contributed by atoms with Crippen LogP contribution < -0.4 is 0 Å². The summed E-state index contributed by atoms with van der Waals surface area (Å²) in [6, 6.07) is 8.52. The van der Waals surface area contributed by atoms with Crippen molar-refractivity contribution in [3.63, 3.8) is 0 Å². The zero-order valence-electron chi connectivity index (χ0n) is 12.1. The highest BCUT2D eigenvalue weighted by atomic mass is 32.2. The molecule has 0 aromatic heterocycles. The van der Waals surface area contributed by atoms with E-state index in [2.05, 4.69) is 13.8 Å². The van der Waals surface area contributed by atoms with Gasteiger partial charge in [-0.2, -0.15) is 0 Å². The summed E-state index contributed by atoms with van der Waals surface area (Å²) in [5, 5.41) is 0. The minimum Gasteiger partial charge on any atom is -0.300 e. The van der Waals surface area contributed by atoms with Gasteiger partial charge in [-0.15, -0.1) is 0 Å². The van der Waals surface area contributed by atoms with Gasteiger partial charge in [-0.1, -0.05) is 32.0 Å². The Bertz CT molecular complexity index is 561. The molecule has 110 valence electrons. The van der Waals surface area contributed by atoms with Crippen LogP contribution in [0.1, 0.15) is 33.1 Å². The van der Waals surface area contributed by atoms with Crippen molar-refractivity contribution in [3.8, 4) is 0 Å². The van der Waals surface area contributed by atoms with Gasteiger partial charge < -0.3 is 0 Å². The number of benzene rings is 1. The summed E-state index contributed by atoms with van der Waals surface area (Å²) in [6.07, 6.45) is 1.87. The summed E-state index contributed by atoms with van der Waals surface area (Å²) < 4.78 is 24.7. The van der Waals surface area contributed by atoms with Crippen molar-refractivity contribution >= 4 is 15.6 Å². The SMILES string of the molecule is CC(C)[C@H]1CC(=O)C[C@@H](CS(=O)(=O)c2ccccc2)C1. The molecular formula is C16H22O3S. The lowest BCUT2D eigenvalue weighted by Crippen LogP contribution is -2.30. The van der Waals surface area contributed by atoms with Crippen LogP contribution in [0.5, 0.6) is 0 Å². The molecule has 2 rings (SSSR count). The Labute approximate surface area is 121 Å². The van der Waals surface area contributed by atoms with Gasteiger partial charge in [-0.05, 0) is 36.3 Å². The quantitative estimate of drug-likeness (QED) is 0.857. The lowest BCUT2D eigenvalue weighted by atomic mass is 9.76. The smallest absolute Gasteiger partial charge is 0.178 e. The summed E-state index contributed by atoms with van der Waals surface area (Å²) >= 11 is 0. The van der Waals surface area contributed by atoms with E-state index in [1.807, 2.05) is 0 Å². The maximum atomic E-state index is 12.4. The van der Waals surface area contributed by atoms with Crippen molar-refractivity contribution in [2.45, 2.75) is 38.0 Å². The molecule has 4 heteroatoms. The second-order valence-corrected chi connectivity index (χ2v) is 8.18. The van der Waals surface area contributed by atoms with E-state index in [1.165, 1.54) is 0 Å². The number of ketones is 1. The standard InChI is InChI=1S/C16H22O3S/c1-12(2)14-8-13(9-15(17)10-14)11-20(18,19)16-6-4-3-5-7-16/h3-7,12-14H,8-11H2,1-2H3/t13-,14+/m0/s1. The van der Waals surface area contributed by atoms with Crippen molar-refractivity contribution < 1.29 is 13.2 Å². The number of sulfone groups is 1. The van der Waals surface area contributed by atoms with Crippen molar-refractivity contribution in [2.24, 2.45) is 17.8 Å². The van der Waals surface area contributed by atoms with Gasteiger partial charge in [0.2, 0.25) is 0 Å². The molecule has 1 aliphatic rings. The molecule has 1 aromatic rings. The number of carbonyl (C=O) groups excluding carboxylic acids is 1. The van der Waals surface area contributed by atoms with Gasteiger partial charge >= 0.3 is 0 Å². The molecule has 0 heterocycles. The van der Waals surface area contributed by atoms with Gasteiger partial charge in [0.25, 0.3) is 0 Å². The Morgan fingerprint density at radius 1 is 1.15 bits per heavy atom. The van der Waals surface area contributed by atoms with Crippen molar-refractivity contribution in [1.82, 2.24) is 0 Å². The Kier molecular flexibility index (Phi) is 4.63. The zero-order valence-corrected chi connectivity index (χ0v) is 12.9. The first-order valence-corrected chi connectivity index (χ1v) is 8.83. The van der Waals surface area contributed by atoms with Gasteiger partial charge in [0.05, 0.1) is 10.6 Å². The number of Topliss-reactive ketones (excluding diaryl/α,β-unsaturated/α-hetero) is 1. The average Bonchev–Trinajstić information content (AvgIpc) is 2.38. The molecular weight excluding hydrogens is 272 g/mol. The van der Waals surface area contributed by atoms with Gasteiger partial charge in [-0.3, -0.25) is 4.79 Å². The lowest BCUT2D eigenvalue weighted by Gasteiger charge is -2.30. The third-order valence-corrected chi connectivity index (χ3v) is 6.04. The van der Waals surface area contributed by atoms with Crippen LogP contribution in [0.25, 0.3) is 0 Å². The van der Waals surface area contributed by atoms with Crippen molar-refractivity contribution in [1.29, 1.82) is 0 Å². The van der Waals surface area contributed by atoms with E-state index in [0.717, 1.165) is 6.42 Å². The van der Waals surface area contributed by atoms with Crippen LogP contribution in [0.3, 0.4) is 0 Å². The molecule has 3 nitrogen and oxygen atoms in total. The van der Waals surface area contributed by atoms with E-state index in [4.69, 9.17) is 0 Å². The molecule has 0 unspecified atom stereocenters. The van der Waals surface area contributed by atoms with Crippen LogP contribution in [0, 0.1) is 17.8 Å². The topological polar surface area (TPSA) is 51.2 Å². The fourth-order valence-electron chi connectivity index (χ4n) is 2.96. The van der Waals surface area contributed by atoms with Crippen LogP contribution >= 0.6 is 0 Å². The number of hydrogen-bond acceptors (Lipinski definition) is 3. The van der Waals surface area contributed by atoms with Crippen LogP contribution in [0.15, 0.2) is 35.2 Å². The molecule has 1 aliphatic carbocycles. The zero-order chi connectivity index (χ0) is 14.8. The van der Waals surface area contributed by atoms with Crippen LogP contribution in [-0.2, 0) is 14.6 Å². The molecule has 1 fully saturated rings. The normalized spacial score (nSPS) is 24.1. The Balaban J connectivity index is 2.11. The fourth-order valence-corrected chi connectivity index (χ4v) is 4.60. The number of hydrogen-bond donors (Lipinski definition) is 0. The largest absolute Gasteiger partial charge is 0.300 e. The first-order chi connectivity index (χ1) is 9.38. The van der Waals surface area contributed by atoms with E-state index in [1.54, 1.807) is 30.3 Å². The number of carbonyl (C=O) groups is 1. The van der Waals surface area contributed by atoms with E-state index in [0.29, 0.717) is 29.6 Å². The molecule has 0 bridgehead atoms. The summed E-state index contributed by atoms with van der Waals surface area (Å²) in [5.41, 5.74) is 0. The highest BCUT2D eigenvalue weighted by molar-refractivity contribution is 7.91. The minimum atomic E-state index is -3.28. The molecule has 0 radical (unpaired) electrons. The van der Waals surface area contributed by atoms with Gasteiger partial charge in [-0.25, -0.2) is 8.42 Å². The Morgan fingerprint density at radius 2 is 1.80 bits per heavy atom. The minimum absolute atomic E-state index is 0.0335. The summed E-state index contributed by atoms with van der Waals surface area (Å²) in [7, 11) is -3.28. The van der Waals surface area contributed by atoms with Crippen LogP contribution in [0.2, 0.25) is 0 Å². The second-order valence-electron chi connectivity index (χ2n) is 6.15. The predicted octanol–water partition coefficient (Wildman–Crippen LogP) is 3.10. The Hall–Kier alpha value is -1.16. The predicted molar refractivity (Wildman–Crippen MR) is 79.2 cm³/mol. The van der Waals surface area contributed by atoms with Gasteiger partial charge in [0.1, 0.15) is 5.78 Å². The van der Waals surface area contributed by atoms with Crippen LogP contribution in [-0.4, -0.2) is 20.0 Å². The lowest BCUT2D eigenvalue weighted by molar-refractivity contribution is -0.123. The van der Waals surface area contributed by atoms with E-state index < -0.39 is 9.84 Å². The van der Waals surface area contributed by atoms with E-state index >= 15 is 0 Å². The molecule has 1 aromatic carbocycles. The summed E-state index contributed by atoms with van der Waals surface area (Å²) in [4.78, 5) is 12.2. The highest BCUT2D eigenvalue weighted by Crippen LogP contribution is 2.33. The van der Waals surface area contributed by atoms with Gasteiger partial charge in [0, 0.05) is 12.8 Å². The molecule has 2 atom stereocenters. The monoisotopic (exact) mass is 294 g/mol.